The topological polar surface area (TPSA) is 59.0 Å². The van der Waals surface area contributed by atoms with Gasteiger partial charge in [-0.25, -0.2) is 0 Å². The fourth-order valence-corrected chi connectivity index (χ4v) is 2.70. The van der Waals surface area contributed by atoms with Crippen LogP contribution in [-0.2, 0) is 11.4 Å². The van der Waals surface area contributed by atoms with E-state index < -0.39 is 6.10 Å². The summed E-state index contributed by atoms with van der Waals surface area (Å²) < 4.78 is 11.8. The average molecular weight is 321 g/mol. The van der Waals surface area contributed by atoms with Gasteiger partial charge in [0.2, 0.25) is 0 Å². The molecule has 5 heteroatoms. The summed E-state index contributed by atoms with van der Waals surface area (Å²) in [5, 5.41) is 9.51. The fourth-order valence-electron chi connectivity index (χ4n) is 2.70. The van der Waals surface area contributed by atoms with Gasteiger partial charge in [0.25, 0.3) is 5.91 Å². The fraction of sp³-hybridized carbons (Fsp3) is 0.611. The predicted octanol–water partition coefficient (Wildman–Crippen LogP) is 3.13. The van der Waals surface area contributed by atoms with Crippen LogP contribution in [0.4, 0.5) is 5.69 Å². The van der Waals surface area contributed by atoms with Crippen LogP contribution in [0.2, 0.25) is 0 Å². The predicted molar refractivity (Wildman–Crippen MR) is 90.0 cm³/mol. The highest BCUT2D eigenvalue weighted by molar-refractivity contribution is 6.01. The molecule has 128 valence electrons. The van der Waals surface area contributed by atoms with E-state index in [0.717, 1.165) is 18.4 Å². The molecule has 1 heterocycles. The first-order valence-electron chi connectivity index (χ1n) is 8.42. The second-order valence-corrected chi connectivity index (χ2v) is 6.22. The van der Waals surface area contributed by atoms with Gasteiger partial charge in [-0.05, 0) is 36.5 Å². The molecule has 0 aliphatic carbocycles. The summed E-state index contributed by atoms with van der Waals surface area (Å²) in [6.45, 7) is 9.12. The molecular formula is C18H27NO4. The van der Waals surface area contributed by atoms with Gasteiger partial charge in [-0.3, -0.25) is 4.79 Å². The van der Waals surface area contributed by atoms with E-state index in [-0.39, 0.29) is 18.4 Å². The minimum absolute atomic E-state index is 0.0223. The maximum Gasteiger partial charge on any atom is 0.268 e. The van der Waals surface area contributed by atoms with E-state index in [0.29, 0.717) is 30.3 Å². The Bertz CT molecular complexity index is 556. The summed E-state index contributed by atoms with van der Waals surface area (Å²) in [5.74, 6) is 1.27. The van der Waals surface area contributed by atoms with Crippen molar-refractivity contribution in [2.24, 2.45) is 5.92 Å². The molecule has 2 rings (SSSR count). The highest BCUT2D eigenvalue weighted by atomic mass is 16.5. The van der Waals surface area contributed by atoms with Gasteiger partial charge >= 0.3 is 0 Å². The van der Waals surface area contributed by atoms with Crippen molar-refractivity contribution in [3.63, 3.8) is 0 Å². The summed E-state index contributed by atoms with van der Waals surface area (Å²) in [7, 11) is 0. The second kappa shape index (κ2) is 7.68. The Morgan fingerprint density at radius 2 is 2.04 bits per heavy atom. The van der Waals surface area contributed by atoms with Crippen LogP contribution in [0.5, 0.6) is 11.5 Å². The van der Waals surface area contributed by atoms with Crippen LogP contribution < -0.4 is 14.4 Å². The Labute approximate surface area is 138 Å². The number of rotatable bonds is 7. The van der Waals surface area contributed by atoms with Crippen molar-refractivity contribution in [2.75, 3.05) is 18.1 Å². The van der Waals surface area contributed by atoms with Crippen molar-refractivity contribution in [1.82, 2.24) is 0 Å². The molecule has 1 aromatic rings. The van der Waals surface area contributed by atoms with Crippen LogP contribution in [0.1, 0.15) is 46.1 Å². The van der Waals surface area contributed by atoms with Crippen LogP contribution in [-0.4, -0.2) is 30.3 Å². The molecule has 0 saturated heterocycles. The van der Waals surface area contributed by atoms with Crippen molar-refractivity contribution in [1.29, 1.82) is 0 Å². The summed E-state index contributed by atoms with van der Waals surface area (Å²) in [6.07, 6.45) is 1.23. The average Bonchev–Trinajstić information content (AvgIpc) is 2.54. The number of aliphatic hydroxyl groups excluding tert-OH is 1. The largest absolute Gasteiger partial charge is 0.490 e. The number of carbonyl (C=O) groups is 1. The minimum atomic E-state index is -0.502. The third-order valence-electron chi connectivity index (χ3n) is 3.84. The third-order valence-corrected chi connectivity index (χ3v) is 3.84. The molecule has 0 radical (unpaired) electrons. The Hall–Kier alpha value is -1.75. The number of nitrogens with zero attached hydrogens (tertiary/aromatic N) is 1. The molecule has 1 aliphatic heterocycles. The molecule has 0 spiro atoms. The number of carbonyl (C=O) groups excluding carboxylic acids is 1. The maximum absolute atomic E-state index is 12.7. The molecule has 0 aromatic heterocycles. The van der Waals surface area contributed by atoms with Crippen molar-refractivity contribution >= 4 is 11.6 Å². The standard InChI is InChI=1S/C18H27NO4/c1-5-7-19-14-9-13(11-20)10-15(22-8-6-2)17(14)23-16(12(3)4)18(19)21/h9-10,12,16,20H,5-8,11H2,1-4H3. The second-order valence-electron chi connectivity index (χ2n) is 6.22. The number of fused-ring (bicyclic) bond motifs is 1. The lowest BCUT2D eigenvalue weighted by molar-refractivity contribution is -0.128. The van der Waals surface area contributed by atoms with Gasteiger partial charge in [0.05, 0.1) is 18.9 Å². The Morgan fingerprint density at radius 3 is 2.61 bits per heavy atom. The molecule has 0 bridgehead atoms. The van der Waals surface area contributed by atoms with Crippen LogP contribution in [0.15, 0.2) is 12.1 Å². The van der Waals surface area contributed by atoms with Crippen molar-refractivity contribution in [3.8, 4) is 11.5 Å². The molecule has 0 saturated carbocycles. The normalized spacial score (nSPS) is 17.2. The molecule has 1 amide bonds. The zero-order valence-electron chi connectivity index (χ0n) is 14.5. The quantitative estimate of drug-likeness (QED) is 0.838. The molecule has 23 heavy (non-hydrogen) atoms. The summed E-state index contributed by atoms with van der Waals surface area (Å²) in [4.78, 5) is 14.5. The highest BCUT2D eigenvalue weighted by Gasteiger charge is 2.37. The van der Waals surface area contributed by atoms with Crippen molar-refractivity contribution in [3.05, 3.63) is 17.7 Å². The zero-order chi connectivity index (χ0) is 17.0. The Kier molecular flexibility index (Phi) is 5.88. The molecule has 1 aromatic carbocycles. The van der Waals surface area contributed by atoms with Gasteiger partial charge in [0, 0.05) is 6.54 Å². The first-order chi connectivity index (χ1) is 11.0. The van der Waals surface area contributed by atoms with Gasteiger partial charge in [-0.15, -0.1) is 0 Å². The summed E-state index contributed by atoms with van der Waals surface area (Å²) >= 11 is 0. The number of hydrogen-bond donors (Lipinski definition) is 1. The van der Waals surface area contributed by atoms with Gasteiger partial charge < -0.3 is 19.5 Å². The number of aliphatic hydroxyl groups is 1. The molecule has 1 N–H and O–H groups in total. The van der Waals surface area contributed by atoms with Gasteiger partial charge in [-0.1, -0.05) is 27.7 Å². The van der Waals surface area contributed by atoms with Crippen LogP contribution in [0, 0.1) is 5.92 Å². The van der Waals surface area contributed by atoms with Gasteiger partial charge in [0.1, 0.15) is 0 Å². The van der Waals surface area contributed by atoms with E-state index in [1.165, 1.54) is 0 Å². The van der Waals surface area contributed by atoms with Crippen molar-refractivity contribution < 1.29 is 19.4 Å². The molecular weight excluding hydrogens is 294 g/mol. The van der Waals surface area contributed by atoms with Crippen LogP contribution >= 0.6 is 0 Å². The van der Waals surface area contributed by atoms with E-state index >= 15 is 0 Å². The minimum Gasteiger partial charge on any atom is -0.490 e. The van der Waals surface area contributed by atoms with Gasteiger partial charge in [0.15, 0.2) is 17.6 Å². The van der Waals surface area contributed by atoms with Crippen molar-refractivity contribution in [2.45, 2.75) is 53.2 Å². The van der Waals surface area contributed by atoms with E-state index in [1.807, 2.05) is 33.8 Å². The summed E-state index contributed by atoms with van der Waals surface area (Å²) in [5.41, 5.74) is 1.42. The number of amides is 1. The van der Waals surface area contributed by atoms with E-state index in [2.05, 4.69) is 0 Å². The lowest BCUT2D eigenvalue weighted by Crippen LogP contribution is -2.48. The van der Waals surface area contributed by atoms with Crippen LogP contribution in [0.3, 0.4) is 0 Å². The molecule has 1 atom stereocenters. The summed E-state index contributed by atoms with van der Waals surface area (Å²) in [6, 6.07) is 3.62. The maximum atomic E-state index is 12.7. The van der Waals surface area contributed by atoms with E-state index in [1.54, 1.807) is 11.0 Å². The van der Waals surface area contributed by atoms with E-state index in [4.69, 9.17) is 9.47 Å². The number of ether oxygens (including phenoxy) is 2. The molecule has 5 nitrogen and oxygen atoms in total. The van der Waals surface area contributed by atoms with Gasteiger partial charge in [-0.2, -0.15) is 0 Å². The smallest absolute Gasteiger partial charge is 0.268 e. The lowest BCUT2D eigenvalue weighted by atomic mass is 10.0. The number of benzene rings is 1. The Morgan fingerprint density at radius 1 is 1.30 bits per heavy atom. The number of anilines is 1. The highest BCUT2D eigenvalue weighted by Crippen LogP contribution is 2.44. The van der Waals surface area contributed by atoms with Crippen LogP contribution in [0.25, 0.3) is 0 Å². The monoisotopic (exact) mass is 321 g/mol. The third kappa shape index (κ3) is 3.61. The SMILES string of the molecule is CCCOc1cc(CO)cc2c1OC(C(C)C)C(=O)N2CCC. The lowest BCUT2D eigenvalue weighted by Gasteiger charge is -2.37. The Balaban J connectivity index is 2.52. The molecule has 1 aliphatic rings. The first kappa shape index (κ1) is 17.6. The molecule has 0 fully saturated rings. The first-order valence-corrected chi connectivity index (χ1v) is 8.42. The number of hydrogen-bond acceptors (Lipinski definition) is 4. The zero-order valence-corrected chi connectivity index (χ0v) is 14.5. The van der Waals surface area contributed by atoms with E-state index in [9.17, 15) is 9.90 Å². The molecule has 1 unspecified atom stereocenters.